The van der Waals surface area contributed by atoms with Crippen LogP contribution in [0.1, 0.15) is 53.4 Å². The third-order valence-electron chi connectivity index (χ3n) is 2.87. The van der Waals surface area contributed by atoms with Gasteiger partial charge in [-0.1, -0.05) is 47.0 Å². The van der Waals surface area contributed by atoms with Crippen molar-refractivity contribution in [2.24, 2.45) is 0 Å². The van der Waals surface area contributed by atoms with Crippen molar-refractivity contribution in [2.45, 2.75) is 71.5 Å². The average Bonchev–Trinajstić information content (AvgIpc) is 2.17. The van der Waals surface area contributed by atoms with Crippen LogP contribution in [0, 0.1) is 0 Å². The van der Waals surface area contributed by atoms with E-state index in [0.29, 0.717) is 6.42 Å². The Bertz CT molecular complexity index is 271. The van der Waals surface area contributed by atoms with Gasteiger partial charge in [-0.15, -0.1) is 0 Å². The first-order valence-electron chi connectivity index (χ1n) is 6.88. The molecule has 0 unspecified atom stereocenters. The lowest BCUT2D eigenvalue weighted by Crippen LogP contribution is -2.40. The van der Waals surface area contributed by atoms with Gasteiger partial charge in [0, 0.05) is 0 Å². The fourth-order valence-electron chi connectivity index (χ4n) is 2.43. The number of hydrogen-bond donors (Lipinski definition) is 0. The molecule has 0 spiro atoms. The van der Waals surface area contributed by atoms with Gasteiger partial charge in [0.15, 0.2) is 0 Å². The summed E-state index contributed by atoms with van der Waals surface area (Å²) >= 11 is 0. The third-order valence-corrected chi connectivity index (χ3v) is 10.4. The van der Waals surface area contributed by atoms with Crippen LogP contribution in [-0.4, -0.2) is 22.5 Å². The molecule has 0 aliphatic heterocycles. The van der Waals surface area contributed by atoms with E-state index in [1.807, 2.05) is 6.92 Å². The van der Waals surface area contributed by atoms with E-state index in [4.69, 9.17) is 3.87 Å². The molecule has 0 aromatic rings. The molecule has 0 atom stereocenters. The molecule has 0 aliphatic rings. The first kappa shape index (κ1) is 17.1. The predicted molar refractivity (Wildman–Crippen MR) is 76.2 cm³/mol. The Morgan fingerprint density at radius 1 is 0.824 bits per heavy atom. The van der Waals surface area contributed by atoms with Crippen molar-refractivity contribution in [1.82, 2.24) is 0 Å². The summed E-state index contributed by atoms with van der Waals surface area (Å²) in [6.07, 6.45) is 3.70. The van der Waals surface area contributed by atoms with Crippen molar-refractivity contribution in [1.29, 1.82) is 0 Å². The Morgan fingerprint density at radius 2 is 1.24 bits per heavy atom. The summed E-state index contributed by atoms with van der Waals surface area (Å²) in [6, 6.07) is 2.91. The summed E-state index contributed by atoms with van der Waals surface area (Å²) in [5.74, 6) is 0.166. The van der Waals surface area contributed by atoms with E-state index in [1.54, 1.807) is 0 Å². The Morgan fingerprint density at radius 3 is 1.53 bits per heavy atom. The van der Waals surface area contributed by atoms with Crippen LogP contribution >= 0.6 is 0 Å². The van der Waals surface area contributed by atoms with Gasteiger partial charge in [-0.3, -0.25) is 0 Å². The summed E-state index contributed by atoms with van der Waals surface area (Å²) in [6.45, 7) is 8.22. The van der Waals surface area contributed by atoms with Gasteiger partial charge in [0.05, 0.1) is 5.75 Å². The van der Waals surface area contributed by atoms with Crippen LogP contribution in [0.25, 0.3) is 0 Å². The van der Waals surface area contributed by atoms with Crippen molar-refractivity contribution in [3.8, 4) is 0 Å². The van der Waals surface area contributed by atoms with Crippen molar-refractivity contribution in [3.05, 3.63) is 0 Å². The molecule has 5 heteroatoms. The van der Waals surface area contributed by atoms with Crippen molar-refractivity contribution < 1.29 is 12.3 Å². The van der Waals surface area contributed by atoms with Gasteiger partial charge in [0.2, 0.25) is 8.32 Å². The molecular formula is C12H28O3SSi. The quantitative estimate of drug-likeness (QED) is 0.570. The maximum atomic E-state index is 11.9. The molecule has 0 N–H and O–H groups in total. The molecule has 0 aromatic carbocycles. The molecule has 0 aliphatic carbocycles. The Balaban J connectivity index is 4.87. The summed E-state index contributed by atoms with van der Waals surface area (Å²) < 4.78 is 29.5. The fourth-order valence-corrected chi connectivity index (χ4v) is 9.90. The van der Waals surface area contributed by atoms with Crippen LogP contribution in [-0.2, 0) is 14.0 Å². The lowest BCUT2D eigenvalue weighted by molar-refractivity contribution is 0.468. The minimum absolute atomic E-state index is 0.166. The van der Waals surface area contributed by atoms with Crippen molar-refractivity contribution >= 4 is 18.4 Å². The van der Waals surface area contributed by atoms with Crippen LogP contribution in [0.2, 0.25) is 18.1 Å². The second-order valence-electron chi connectivity index (χ2n) is 4.78. The van der Waals surface area contributed by atoms with Crippen LogP contribution in [0.5, 0.6) is 0 Å². The summed E-state index contributed by atoms with van der Waals surface area (Å²) in [5.41, 5.74) is 0. The van der Waals surface area contributed by atoms with Gasteiger partial charge >= 0.3 is 0 Å². The molecule has 0 radical (unpaired) electrons. The van der Waals surface area contributed by atoms with Gasteiger partial charge < -0.3 is 3.87 Å². The Kier molecular flexibility index (Phi) is 8.33. The molecule has 0 saturated heterocycles. The Hall–Kier alpha value is 0.127. The number of rotatable bonds is 10. The SMILES string of the molecule is CCC[Si](CCC)(CCC)OS(=O)(=O)CCC. The molecule has 104 valence electrons. The van der Waals surface area contributed by atoms with Crippen molar-refractivity contribution in [3.63, 3.8) is 0 Å². The molecule has 3 nitrogen and oxygen atoms in total. The molecule has 0 heterocycles. The van der Waals surface area contributed by atoms with Crippen molar-refractivity contribution in [2.75, 3.05) is 5.75 Å². The van der Waals surface area contributed by atoms with E-state index in [9.17, 15) is 8.42 Å². The van der Waals surface area contributed by atoms with E-state index < -0.39 is 18.4 Å². The van der Waals surface area contributed by atoms with E-state index in [0.717, 1.165) is 37.4 Å². The summed E-state index contributed by atoms with van der Waals surface area (Å²) in [4.78, 5) is 0. The summed E-state index contributed by atoms with van der Waals surface area (Å²) in [7, 11) is -5.35. The maximum Gasteiger partial charge on any atom is 0.257 e. The van der Waals surface area contributed by atoms with Crippen LogP contribution in [0.15, 0.2) is 0 Å². The maximum absolute atomic E-state index is 11.9. The minimum atomic E-state index is -3.29. The smallest absolute Gasteiger partial charge is 0.257 e. The zero-order valence-electron chi connectivity index (χ0n) is 11.8. The second kappa shape index (κ2) is 8.27. The molecule has 17 heavy (non-hydrogen) atoms. The zero-order chi connectivity index (χ0) is 13.4. The molecule has 0 fully saturated rings. The van der Waals surface area contributed by atoms with Crippen LogP contribution in [0.4, 0.5) is 0 Å². The first-order chi connectivity index (χ1) is 7.95. The molecule has 0 amide bonds. The molecule has 0 rings (SSSR count). The first-order valence-corrected chi connectivity index (χ1v) is 11.0. The van der Waals surface area contributed by atoms with Gasteiger partial charge in [0.1, 0.15) is 0 Å². The van der Waals surface area contributed by atoms with E-state index in [2.05, 4.69) is 20.8 Å². The van der Waals surface area contributed by atoms with E-state index in [-0.39, 0.29) is 5.75 Å². The highest BCUT2D eigenvalue weighted by atomic mass is 32.2. The second-order valence-corrected chi connectivity index (χ2v) is 10.8. The zero-order valence-corrected chi connectivity index (χ0v) is 13.6. The fraction of sp³-hybridized carbons (Fsp3) is 1.00. The minimum Gasteiger partial charge on any atom is -0.315 e. The third kappa shape index (κ3) is 6.57. The molecular weight excluding hydrogens is 252 g/mol. The monoisotopic (exact) mass is 280 g/mol. The average molecular weight is 281 g/mol. The predicted octanol–water partition coefficient (Wildman–Crippen LogP) is 3.92. The normalized spacial score (nSPS) is 12.9. The molecule has 0 bridgehead atoms. The molecule has 0 aromatic heterocycles. The van der Waals surface area contributed by atoms with E-state index >= 15 is 0 Å². The lowest BCUT2D eigenvalue weighted by atomic mass is 10.6. The van der Waals surface area contributed by atoms with Gasteiger partial charge in [-0.2, -0.15) is 0 Å². The Labute approximate surface area is 108 Å². The van der Waals surface area contributed by atoms with Crippen LogP contribution < -0.4 is 0 Å². The van der Waals surface area contributed by atoms with Gasteiger partial charge in [-0.25, -0.2) is 8.42 Å². The lowest BCUT2D eigenvalue weighted by Gasteiger charge is -2.29. The standard InChI is InChI=1S/C12H28O3SSi/c1-5-9-16(13,14)15-17(10-6-2,11-7-3)12-8-4/h5-12H2,1-4H3. The van der Waals surface area contributed by atoms with Gasteiger partial charge in [0.25, 0.3) is 10.1 Å². The summed E-state index contributed by atoms with van der Waals surface area (Å²) in [5, 5.41) is 0. The van der Waals surface area contributed by atoms with Gasteiger partial charge in [-0.05, 0) is 24.6 Å². The number of hydrogen-bond acceptors (Lipinski definition) is 3. The highest BCUT2D eigenvalue weighted by molar-refractivity contribution is 7.87. The van der Waals surface area contributed by atoms with Crippen LogP contribution in [0.3, 0.4) is 0 Å². The largest absolute Gasteiger partial charge is 0.315 e. The topological polar surface area (TPSA) is 43.4 Å². The van der Waals surface area contributed by atoms with E-state index in [1.165, 1.54) is 0 Å². The molecule has 0 saturated carbocycles. The highest BCUT2D eigenvalue weighted by Gasteiger charge is 2.37. The highest BCUT2D eigenvalue weighted by Crippen LogP contribution is 2.29.